The molecule has 0 spiro atoms. The Hall–Kier alpha value is -1.59. The van der Waals surface area contributed by atoms with Gasteiger partial charge in [0.15, 0.2) is 5.78 Å². The molecule has 2 rings (SSSR count). The molecule has 0 fully saturated rings. The van der Waals surface area contributed by atoms with Crippen molar-refractivity contribution in [1.82, 2.24) is 0 Å². The second kappa shape index (κ2) is 3.88. The van der Waals surface area contributed by atoms with Crippen molar-refractivity contribution in [1.29, 1.82) is 0 Å². The topological polar surface area (TPSA) is 37.3 Å². The summed E-state index contributed by atoms with van der Waals surface area (Å²) in [5.41, 5.74) is 1.75. The van der Waals surface area contributed by atoms with Crippen LogP contribution in [-0.2, 0) is 6.42 Å². The Morgan fingerprint density at radius 3 is 2.93 bits per heavy atom. The van der Waals surface area contributed by atoms with Crippen molar-refractivity contribution in [2.75, 3.05) is 0 Å². The number of terminal acetylenes is 1. The summed E-state index contributed by atoms with van der Waals surface area (Å²) in [6.07, 6.45) is 5.26. The van der Waals surface area contributed by atoms with Crippen LogP contribution in [0.5, 0.6) is 0 Å². The van der Waals surface area contributed by atoms with Gasteiger partial charge < -0.3 is 5.11 Å². The zero-order valence-corrected chi connectivity index (χ0v) is 8.31. The van der Waals surface area contributed by atoms with Gasteiger partial charge in [0.05, 0.1) is 12.0 Å². The lowest BCUT2D eigenvalue weighted by Gasteiger charge is -2.13. The van der Waals surface area contributed by atoms with Crippen LogP contribution in [0, 0.1) is 18.3 Å². The van der Waals surface area contributed by atoms with Gasteiger partial charge in [0.25, 0.3) is 0 Å². The van der Waals surface area contributed by atoms with Crippen LogP contribution in [0.3, 0.4) is 0 Å². The number of Topliss-reactive ketones (excluding diaryl/α,β-unsaturated/α-hetero) is 1. The Balaban J connectivity index is 2.24. The Labute approximate surface area is 88.9 Å². The molecule has 0 saturated carbocycles. The van der Waals surface area contributed by atoms with Gasteiger partial charge in [0, 0.05) is 12.0 Å². The monoisotopic (exact) mass is 200 g/mol. The Morgan fingerprint density at radius 1 is 1.53 bits per heavy atom. The maximum atomic E-state index is 11.9. The third kappa shape index (κ3) is 1.67. The van der Waals surface area contributed by atoms with Crippen LogP contribution in [0.1, 0.15) is 22.3 Å². The number of carbonyl (C=O) groups is 1. The summed E-state index contributed by atoms with van der Waals surface area (Å²) < 4.78 is 0. The molecule has 1 N–H and O–H groups in total. The summed E-state index contributed by atoms with van der Waals surface area (Å²) in [4.78, 5) is 11.9. The average molecular weight is 200 g/mol. The van der Waals surface area contributed by atoms with Crippen LogP contribution in [0.2, 0.25) is 0 Å². The van der Waals surface area contributed by atoms with Crippen LogP contribution < -0.4 is 0 Å². The molecule has 1 aromatic carbocycles. The van der Waals surface area contributed by atoms with E-state index in [-0.39, 0.29) is 18.1 Å². The van der Waals surface area contributed by atoms with Crippen molar-refractivity contribution in [3.05, 3.63) is 35.4 Å². The summed E-state index contributed by atoms with van der Waals surface area (Å²) in [5, 5.41) is 9.73. The Bertz CT molecular complexity index is 428. The highest BCUT2D eigenvalue weighted by molar-refractivity contribution is 6.02. The molecule has 2 heteroatoms. The lowest BCUT2D eigenvalue weighted by atomic mass is 9.96. The number of ketones is 1. The standard InChI is InChI=1S/C13H12O2/c1-2-5-12(14)11-8-9-6-3-4-7-10(9)13(11)15/h1,3-4,6-7,11-12,14H,5,8H2. The summed E-state index contributed by atoms with van der Waals surface area (Å²) in [7, 11) is 0. The number of rotatable bonds is 2. The molecule has 2 nitrogen and oxygen atoms in total. The molecule has 0 saturated heterocycles. The molecule has 0 aromatic heterocycles. The van der Waals surface area contributed by atoms with E-state index in [1.165, 1.54) is 0 Å². The van der Waals surface area contributed by atoms with Crippen molar-refractivity contribution >= 4 is 5.78 Å². The van der Waals surface area contributed by atoms with E-state index >= 15 is 0 Å². The summed E-state index contributed by atoms with van der Waals surface area (Å²) in [6, 6.07) is 7.48. The van der Waals surface area contributed by atoms with Gasteiger partial charge in [-0.25, -0.2) is 0 Å². The van der Waals surface area contributed by atoms with E-state index in [0.29, 0.717) is 6.42 Å². The van der Waals surface area contributed by atoms with Gasteiger partial charge in [-0.05, 0) is 12.0 Å². The molecule has 0 amide bonds. The quantitative estimate of drug-likeness (QED) is 0.733. The molecule has 0 aliphatic heterocycles. The molecular formula is C13H12O2. The molecule has 0 radical (unpaired) electrons. The van der Waals surface area contributed by atoms with E-state index < -0.39 is 6.10 Å². The van der Waals surface area contributed by atoms with Gasteiger partial charge in [-0.2, -0.15) is 0 Å². The SMILES string of the molecule is C#CCC(O)C1Cc2ccccc2C1=O. The van der Waals surface area contributed by atoms with Crippen LogP contribution >= 0.6 is 0 Å². The number of benzene rings is 1. The predicted octanol–water partition coefficient (Wildman–Crippen LogP) is 1.43. The van der Waals surface area contributed by atoms with Gasteiger partial charge in [-0.3, -0.25) is 4.79 Å². The van der Waals surface area contributed by atoms with E-state index in [4.69, 9.17) is 6.42 Å². The molecule has 1 aromatic rings. The third-order valence-corrected chi connectivity index (χ3v) is 2.85. The molecule has 76 valence electrons. The fourth-order valence-electron chi connectivity index (χ4n) is 2.04. The maximum Gasteiger partial charge on any atom is 0.169 e. The minimum atomic E-state index is -0.713. The van der Waals surface area contributed by atoms with Crippen LogP contribution in [0.4, 0.5) is 0 Å². The van der Waals surface area contributed by atoms with Gasteiger partial charge in [-0.15, -0.1) is 12.3 Å². The van der Waals surface area contributed by atoms with Crippen molar-refractivity contribution < 1.29 is 9.90 Å². The number of hydrogen-bond acceptors (Lipinski definition) is 2. The largest absolute Gasteiger partial charge is 0.391 e. The molecule has 2 unspecified atom stereocenters. The molecular weight excluding hydrogens is 188 g/mol. The first kappa shape index (κ1) is 9.95. The van der Waals surface area contributed by atoms with Gasteiger partial charge in [-0.1, -0.05) is 24.3 Å². The first-order valence-electron chi connectivity index (χ1n) is 4.97. The smallest absolute Gasteiger partial charge is 0.169 e. The molecule has 0 heterocycles. The zero-order chi connectivity index (χ0) is 10.8. The minimum Gasteiger partial charge on any atom is -0.391 e. The summed E-state index contributed by atoms with van der Waals surface area (Å²) >= 11 is 0. The number of carbonyl (C=O) groups excluding carboxylic acids is 1. The summed E-state index contributed by atoms with van der Waals surface area (Å²) in [5.74, 6) is 2.06. The highest BCUT2D eigenvalue weighted by Gasteiger charge is 2.34. The van der Waals surface area contributed by atoms with Crippen molar-refractivity contribution in [2.24, 2.45) is 5.92 Å². The first-order valence-corrected chi connectivity index (χ1v) is 4.97. The van der Waals surface area contributed by atoms with E-state index in [9.17, 15) is 9.90 Å². The predicted molar refractivity (Wildman–Crippen MR) is 57.4 cm³/mol. The normalized spacial score (nSPS) is 20.8. The highest BCUT2D eigenvalue weighted by atomic mass is 16.3. The average Bonchev–Trinajstić information content (AvgIpc) is 2.57. The van der Waals surface area contributed by atoms with Gasteiger partial charge >= 0.3 is 0 Å². The van der Waals surface area contributed by atoms with E-state index in [0.717, 1.165) is 11.1 Å². The number of hydrogen-bond donors (Lipinski definition) is 1. The second-order valence-corrected chi connectivity index (χ2v) is 3.81. The minimum absolute atomic E-state index is 0.0216. The molecule has 1 aliphatic rings. The molecule has 1 aliphatic carbocycles. The fraction of sp³-hybridized carbons (Fsp3) is 0.308. The van der Waals surface area contributed by atoms with Crippen molar-refractivity contribution in [2.45, 2.75) is 18.9 Å². The Kier molecular flexibility index (Phi) is 2.57. The van der Waals surface area contributed by atoms with E-state index in [1.807, 2.05) is 18.2 Å². The third-order valence-electron chi connectivity index (χ3n) is 2.85. The Morgan fingerprint density at radius 2 is 2.27 bits per heavy atom. The van der Waals surface area contributed by atoms with Gasteiger partial charge in [0.1, 0.15) is 0 Å². The highest BCUT2D eigenvalue weighted by Crippen LogP contribution is 2.29. The number of aliphatic hydroxyl groups is 1. The lowest BCUT2D eigenvalue weighted by Crippen LogP contribution is -2.25. The van der Waals surface area contributed by atoms with Crippen molar-refractivity contribution in [3.8, 4) is 12.3 Å². The summed E-state index contributed by atoms with van der Waals surface area (Å²) in [6.45, 7) is 0. The zero-order valence-electron chi connectivity index (χ0n) is 8.31. The molecule has 2 atom stereocenters. The van der Waals surface area contributed by atoms with Crippen LogP contribution in [0.25, 0.3) is 0 Å². The number of fused-ring (bicyclic) bond motifs is 1. The number of aliphatic hydroxyl groups excluding tert-OH is 1. The van der Waals surface area contributed by atoms with E-state index in [2.05, 4.69) is 5.92 Å². The lowest BCUT2D eigenvalue weighted by molar-refractivity contribution is 0.0725. The van der Waals surface area contributed by atoms with E-state index in [1.54, 1.807) is 6.07 Å². The first-order chi connectivity index (χ1) is 7.24. The van der Waals surface area contributed by atoms with Crippen LogP contribution in [-0.4, -0.2) is 17.0 Å². The van der Waals surface area contributed by atoms with Crippen molar-refractivity contribution in [3.63, 3.8) is 0 Å². The van der Waals surface area contributed by atoms with Gasteiger partial charge in [0.2, 0.25) is 0 Å². The maximum absolute atomic E-state index is 11.9. The second-order valence-electron chi connectivity index (χ2n) is 3.81. The fourth-order valence-corrected chi connectivity index (χ4v) is 2.04. The molecule has 15 heavy (non-hydrogen) atoms. The molecule has 0 bridgehead atoms. The van der Waals surface area contributed by atoms with Crippen LogP contribution in [0.15, 0.2) is 24.3 Å².